The molecular formula is C3H7NO2. The van der Waals surface area contributed by atoms with Crippen molar-refractivity contribution in [2.45, 2.75) is 13.0 Å². The molecule has 0 fully saturated rings. The summed E-state index contributed by atoms with van der Waals surface area (Å²) in [5.74, 6) is -0.963. The minimum absolute atomic E-state index is 0.731. The normalized spacial score (nSPS) is 13.7. The summed E-state index contributed by atoms with van der Waals surface area (Å²) in [5.41, 5.74) is 4.84. The lowest BCUT2D eigenvalue weighted by molar-refractivity contribution is -0.138. The zero-order chi connectivity index (χ0) is 5.15. The van der Waals surface area contributed by atoms with E-state index in [4.69, 9.17) is 10.8 Å². The highest BCUT2D eigenvalue weighted by Crippen LogP contribution is 1.68. The van der Waals surface area contributed by atoms with Gasteiger partial charge in [0.2, 0.25) is 0 Å². The van der Waals surface area contributed by atoms with Crippen LogP contribution in [0, 0.1) is 0 Å². The van der Waals surface area contributed by atoms with Gasteiger partial charge in [-0.2, -0.15) is 0 Å². The van der Waals surface area contributed by atoms with Gasteiger partial charge in [-0.15, -0.1) is 0 Å². The molecule has 6 heavy (non-hydrogen) atoms. The second-order valence-corrected chi connectivity index (χ2v) is 1.13. The van der Waals surface area contributed by atoms with E-state index in [1.54, 1.807) is 0 Å². The molecule has 0 aromatic heterocycles. The van der Waals surface area contributed by atoms with Crippen LogP contribution in [-0.2, 0) is 4.79 Å². The maximum Gasteiger partial charge on any atom is 0.320 e. The van der Waals surface area contributed by atoms with Crippen LogP contribution >= 0.6 is 0 Å². The molecule has 0 saturated heterocycles. The van der Waals surface area contributed by atoms with Gasteiger partial charge in [-0.05, 0) is 6.92 Å². The summed E-state index contributed by atoms with van der Waals surface area (Å²) in [5, 5.41) is 7.87. The number of carboxylic acid groups (broad SMARTS) is 1. The van der Waals surface area contributed by atoms with Gasteiger partial charge >= 0.3 is 5.97 Å². The molecule has 0 aromatic rings. The van der Waals surface area contributed by atoms with Crippen LogP contribution in [0.4, 0.5) is 0 Å². The third-order valence-corrected chi connectivity index (χ3v) is 0.390. The first-order chi connectivity index (χ1) is 2.64. The van der Waals surface area contributed by atoms with Crippen LogP contribution in [0.25, 0.3) is 0 Å². The van der Waals surface area contributed by atoms with Gasteiger partial charge in [-0.3, -0.25) is 4.79 Å². The monoisotopic (exact) mass is 90.1 g/mol. The van der Waals surface area contributed by atoms with E-state index >= 15 is 0 Å². The van der Waals surface area contributed by atoms with Crippen molar-refractivity contribution in [2.75, 3.05) is 0 Å². The second-order valence-electron chi connectivity index (χ2n) is 1.13. The second kappa shape index (κ2) is 1.77. The Bertz CT molecular complexity index is 59.8. The molecule has 0 aromatic carbocycles. The van der Waals surface area contributed by atoms with E-state index in [1.165, 1.54) is 6.92 Å². The van der Waals surface area contributed by atoms with Crippen molar-refractivity contribution in [3.05, 3.63) is 0 Å². The lowest BCUT2D eigenvalue weighted by Crippen LogP contribution is -2.25. The fourth-order valence-corrected chi connectivity index (χ4v) is 0. The Balaban J connectivity index is 3.26. The lowest BCUT2D eigenvalue weighted by atomic mass is 10.5. The van der Waals surface area contributed by atoms with E-state index in [0.717, 1.165) is 0 Å². The van der Waals surface area contributed by atoms with Crippen LogP contribution in [0.3, 0.4) is 0 Å². The van der Waals surface area contributed by atoms with Gasteiger partial charge < -0.3 is 10.8 Å². The topological polar surface area (TPSA) is 63.3 Å². The molecule has 0 rings (SSSR count). The van der Waals surface area contributed by atoms with Crippen molar-refractivity contribution >= 4 is 5.97 Å². The standard InChI is InChI=1S/C3H7NO2/c1-2(4)3(5)6/h2H,4H2,1H3,(H,5,6)/i1+1. The Labute approximate surface area is 35.8 Å². The third-order valence-electron chi connectivity index (χ3n) is 0.390. The summed E-state index contributed by atoms with van der Waals surface area (Å²) < 4.78 is 0. The number of carboxylic acids is 1. The molecule has 3 heteroatoms. The fraction of sp³-hybridized carbons (Fsp3) is 0.667. The molecule has 0 aliphatic heterocycles. The zero-order valence-corrected chi connectivity index (χ0v) is 3.51. The summed E-state index contributed by atoms with van der Waals surface area (Å²) in [7, 11) is 0. The van der Waals surface area contributed by atoms with Crippen molar-refractivity contribution in [3.8, 4) is 0 Å². The Morgan fingerprint density at radius 3 is 2.17 bits per heavy atom. The highest BCUT2D eigenvalue weighted by Gasteiger charge is 1.99. The highest BCUT2D eigenvalue weighted by atomic mass is 16.4. The van der Waals surface area contributed by atoms with E-state index < -0.39 is 12.0 Å². The summed E-state index contributed by atoms with van der Waals surface area (Å²) in [6.45, 7) is 1.42. The predicted molar refractivity (Wildman–Crippen MR) is 21.3 cm³/mol. The Hall–Kier alpha value is -0.570. The molecule has 0 spiro atoms. The van der Waals surface area contributed by atoms with E-state index in [1.807, 2.05) is 0 Å². The van der Waals surface area contributed by atoms with Crippen molar-refractivity contribution < 1.29 is 9.90 Å². The van der Waals surface area contributed by atoms with Crippen LogP contribution < -0.4 is 5.73 Å². The molecule has 0 amide bonds. The summed E-state index contributed by atoms with van der Waals surface area (Å²) in [6, 6.07) is -0.731. The van der Waals surface area contributed by atoms with E-state index in [0.29, 0.717) is 0 Å². The van der Waals surface area contributed by atoms with Gasteiger partial charge in [0.25, 0.3) is 0 Å². The van der Waals surface area contributed by atoms with Gasteiger partial charge in [-0.25, -0.2) is 0 Å². The quantitative estimate of drug-likeness (QED) is 0.423. The Kier molecular flexibility index (Phi) is 1.60. The molecule has 3 N–H and O–H groups in total. The van der Waals surface area contributed by atoms with Crippen LogP contribution in [0.5, 0.6) is 0 Å². The minimum atomic E-state index is -0.963. The molecule has 0 aliphatic carbocycles. The van der Waals surface area contributed by atoms with E-state index in [-0.39, 0.29) is 0 Å². The summed E-state index contributed by atoms with van der Waals surface area (Å²) >= 11 is 0. The average molecular weight is 90.1 g/mol. The average Bonchev–Trinajstić information content (AvgIpc) is 1.36. The highest BCUT2D eigenvalue weighted by molar-refractivity contribution is 5.72. The summed E-state index contributed by atoms with van der Waals surface area (Å²) in [6.07, 6.45) is 0. The van der Waals surface area contributed by atoms with Crippen LogP contribution in [-0.4, -0.2) is 17.1 Å². The molecule has 0 aliphatic rings. The Morgan fingerprint density at radius 2 is 2.17 bits per heavy atom. The molecule has 1 atom stereocenters. The number of hydrogen-bond donors (Lipinski definition) is 2. The minimum Gasteiger partial charge on any atom is -0.480 e. The number of aliphatic carboxylic acids is 1. The number of hydrogen-bond acceptors (Lipinski definition) is 2. The maximum absolute atomic E-state index is 9.57. The maximum atomic E-state index is 9.57. The predicted octanol–water partition coefficient (Wildman–Crippen LogP) is -0.582. The first-order valence-corrected chi connectivity index (χ1v) is 1.63. The van der Waals surface area contributed by atoms with E-state index in [2.05, 4.69) is 0 Å². The number of rotatable bonds is 1. The molecule has 36 valence electrons. The van der Waals surface area contributed by atoms with Crippen molar-refractivity contribution in [1.82, 2.24) is 0 Å². The van der Waals surface area contributed by atoms with Gasteiger partial charge in [0.15, 0.2) is 0 Å². The zero-order valence-electron chi connectivity index (χ0n) is 3.51. The molecule has 0 heterocycles. The summed E-state index contributed by atoms with van der Waals surface area (Å²) in [4.78, 5) is 9.57. The smallest absolute Gasteiger partial charge is 0.320 e. The first-order valence-electron chi connectivity index (χ1n) is 1.63. The van der Waals surface area contributed by atoms with Crippen molar-refractivity contribution in [3.63, 3.8) is 0 Å². The first kappa shape index (κ1) is 5.43. The van der Waals surface area contributed by atoms with Gasteiger partial charge in [-0.1, -0.05) is 0 Å². The number of nitrogens with two attached hydrogens (primary N) is 1. The third kappa shape index (κ3) is 1.72. The van der Waals surface area contributed by atoms with Crippen LogP contribution in [0.2, 0.25) is 0 Å². The molecule has 0 saturated carbocycles. The molecule has 3 nitrogen and oxygen atoms in total. The molecule has 1 unspecified atom stereocenters. The van der Waals surface area contributed by atoms with Crippen molar-refractivity contribution in [2.24, 2.45) is 5.73 Å². The van der Waals surface area contributed by atoms with E-state index in [9.17, 15) is 4.79 Å². The van der Waals surface area contributed by atoms with Crippen molar-refractivity contribution in [1.29, 1.82) is 0 Å². The van der Waals surface area contributed by atoms with Crippen LogP contribution in [0.15, 0.2) is 0 Å². The van der Waals surface area contributed by atoms with Gasteiger partial charge in [0.05, 0.1) is 0 Å². The Morgan fingerprint density at radius 1 is 2.00 bits per heavy atom. The SMILES string of the molecule is [13CH3]C(N)C(=O)O. The van der Waals surface area contributed by atoms with Crippen LogP contribution in [0.1, 0.15) is 6.92 Å². The molecule has 0 radical (unpaired) electrons. The van der Waals surface area contributed by atoms with Gasteiger partial charge in [0, 0.05) is 0 Å². The number of carbonyl (C=O) groups is 1. The largest absolute Gasteiger partial charge is 0.480 e. The fourth-order valence-electron chi connectivity index (χ4n) is 0. The van der Waals surface area contributed by atoms with Gasteiger partial charge in [0.1, 0.15) is 6.04 Å². The molecule has 0 bridgehead atoms. The lowest BCUT2D eigenvalue weighted by Gasteiger charge is -1.90. The molecular weight excluding hydrogens is 83.0 g/mol.